The molecule has 1 aliphatic rings. The van der Waals surface area contributed by atoms with Gasteiger partial charge in [-0.25, -0.2) is 0 Å². The number of rotatable bonds is 5. The van der Waals surface area contributed by atoms with Gasteiger partial charge >= 0.3 is 0 Å². The standard InChI is InChI=1S/C17H26N2O2/c1-13(20)14-7-3-4-8-15(14)19-16(21)11-17(12-18)9-5-2-6-10-17/h3-4,7-8,13,20H,2,5-6,9-12,18H2,1H3,(H,19,21). The lowest BCUT2D eigenvalue weighted by atomic mass is 9.71. The van der Waals surface area contributed by atoms with E-state index in [0.717, 1.165) is 31.2 Å². The first-order chi connectivity index (χ1) is 10.1. The fourth-order valence-electron chi connectivity index (χ4n) is 3.26. The van der Waals surface area contributed by atoms with E-state index in [4.69, 9.17) is 5.73 Å². The summed E-state index contributed by atoms with van der Waals surface area (Å²) >= 11 is 0. The molecule has 2 rings (SSSR count). The minimum Gasteiger partial charge on any atom is -0.389 e. The molecule has 0 spiro atoms. The summed E-state index contributed by atoms with van der Waals surface area (Å²) in [6.07, 6.45) is 5.51. The van der Waals surface area contributed by atoms with Crippen LogP contribution in [0.25, 0.3) is 0 Å². The number of aliphatic hydroxyl groups is 1. The molecule has 21 heavy (non-hydrogen) atoms. The van der Waals surface area contributed by atoms with Gasteiger partial charge in [0.1, 0.15) is 0 Å². The quantitative estimate of drug-likeness (QED) is 0.780. The number of nitrogens with two attached hydrogens (primary N) is 1. The van der Waals surface area contributed by atoms with Crippen LogP contribution in [-0.4, -0.2) is 17.6 Å². The Bertz CT molecular complexity index is 479. The molecule has 4 heteroatoms. The van der Waals surface area contributed by atoms with Crippen molar-refractivity contribution in [3.63, 3.8) is 0 Å². The van der Waals surface area contributed by atoms with Gasteiger partial charge in [0.2, 0.25) is 5.91 Å². The molecule has 1 aliphatic carbocycles. The molecule has 4 nitrogen and oxygen atoms in total. The number of benzene rings is 1. The molecule has 0 saturated heterocycles. The Morgan fingerprint density at radius 1 is 1.33 bits per heavy atom. The van der Waals surface area contributed by atoms with Gasteiger partial charge in [0, 0.05) is 17.7 Å². The minimum absolute atomic E-state index is 0.00421. The van der Waals surface area contributed by atoms with Crippen molar-refractivity contribution in [2.45, 2.75) is 51.6 Å². The first kappa shape index (κ1) is 16.0. The van der Waals surface area contributed by atoms with E-state index in [1.807, 2.05) is 24.3 Å². The highest BCUT2D eigenvalue weighted by Gasteiger charge is 2.33. The normalized spacial score (nSPS) is 19.0. The molecule has 1 atom stereocenters. The molecule has 116 valence electrons. The van der Waals surface area contributed by atoms with Crippen molar-refractivity contribution >= 4 is 11.6 Å². The van der Waals surface area contributed by atoms with E-state index in [0.29, 0.717) is 18.7 Å². The van der Waals surface area contributed by atoms with Crippen LogP contribution in [0.3, 0.4) is 0 Å². The minimum atomic E-state index is -0.598. The molecule has 0 heterocycles. The van der Waals surface area contributed by atoms with Crippen molar-refractivity contribution in [1.29, 1.82) is 0 Å². The van der Waals surface area contributed by atoms with E-state index in [2.05, 4.69) is 5.32 Å². The summed E-state index contributed by atoms with van der Waals surface area (Å²) in [5, 5.41) is 12.7. The molecule has 0 bridgehead atoms. The van der Waals surface area contributed by atoms with Crippen LogP contribution in [0.1, 0.15) is 57.1 Å². The van der Waals surface area contributed by atoms with Crippen molar-refractivity contribution in [2.24, 2.45) is 11.1 Å². The Morgan fingerprint density at radius 3 is 2.62 bits per heavy atom. The van der Waals surface area contributed by atoms with Crippen LogP contribution in [0.5, 0.6) is 0 Å². The number of para-hydroxylation sites is 1. The molecule has 0 aliphatic heterocycles. The third kappa shape index (κ3) is 4.05. The van der Waals surface area contributed by atoms with Crippen molar-refractivity contribution in [1.82, 2.24) is 0 Å². The smallest absolute Gasteiger partial charge is 0.224 e. The molecule has 0 aromatic heterocycles. The van der Waals surface area contributed by atoms with Crippen LogP contribution in [0.2, 0.25) is 0 Å². The fraction of sp³-hybridized carbons (Fsp3) is 0.588. The van der Waals surface area contributed by atoms with E-state index < -0.39 is 6.10 Å². The first-order valence-electron chi connectivity index (χ1n) is 7.83. The van der Waals surface area contributed by atoms with E-state index in [-0.39, 0.29) is 11.3 Å². The summed E-state index contributed by atoms with van der Waals surface area (Å²) in [6.45, 7) is 2.27. The number of hydrogen-bond donors (Lipinski definition) is 3. The zero-order valence-electron chi connectivity index (χ0n) is 12.8. The topological polar surface area (TPSA) is 75.3 Å². The molecule has 1 aromatic carbocycles. The van der Waals surface area contributed by atoms with E-state index in [9.17, 15) is 9.90 Å². The molecular formula is C17H26N2O2. The molecule has 1 amide bonds. The summed E-state index contributed by atoms with van der Waals surface area (Å²) in [5.74, 6) is -0.00421. The fourth-order valence-corrected chi connectivity index (χ4v) is 3.26. The Kier molecular flexibility index (Phi) is 5.37. The average molecular weight is 290 g/mol. The summed E-state index contributed by atoms with van der Waals surface area (Å²) < 4.78 is 0. The maximum atomic E-state index is 12.4. The molecule has 1 saturated carbocycles. The summed E-state index contributed by atoms with van der Waals surface area (Å²) in [6, 6.07) is 7.39. The number of amides is 1. The van der Waals surface area contributed by atoms with Gasteiger partial charge in [-0.15, -0.1) is 0 Å². The summed E-state index contributed by atoms with van der Waals surface area (Å²) in [5.41, 5.74) is 7.34. The van der Waals surface area contributed by atoms with Crippen molar-refractivity contribution < 1.29 is 9.90 Å². The van der Waals surface area contributed by atoms with Gasteiger partial charge in [-0.2, -0.15) is 0 Å². The van der Waals surface area contributed by atoms with Crippen molar-refractivity contribution in [3.05, 3.63) is 29.8 Å². The zero-order chi connectivity index (χ0) is 15.3. The molecular weight excluding hydrogens is 264 g/mol. The van der Waals surface area contributed by atoms with Crippen molar-refractivity contribution in [3.8, 4) is 0 Å². The van der Waals surface area contributed by atoms with Crippen molar-refractivity contribution in [2.75, 3.05) is 11.9 Å². The second-order valence-electron chi connectivity index (χ2n) is 6.25. The Hall–Kier alpha value is -1.39. The van der Waals surface area contributed by atoms with Gasteiger partial charge in [-0.1, -0.05) is 37.5 Å². The maximum absolute atomic E-state index is 12.4. The molecule has 1 unspecified atom stereocenters. The largest absolute Gasteiger partial charge is 0.389 e. The van der Waals surface area contributed by atoms with Gasteiger partial charge in [0.05, 0.1) is 6.10 Å². The highest BCUT2D eigenvalue weighted by Crippen LogP contribution is 2.38. The summed E-state index contributed by atoms with van der Waals surface area (Å²) in [4.78, 5) is 12.4. The number of nitrogens with one attached hydrogen (secondary N) is 1. The lowest BCUT2D eigenvalue weighted by Crippen LogP contribution is -2.36. The Morgan fingerprint density at radius 2 is 2.00 bits per heavy atom. The molecule has 1 aromatic rings. The monoisotopic (exact) mass is 290 g/mol. The number of carbonyl (C=O) groups excluding carboxylic acids is 1. The lowest BCUT2D eigenvalue weighted by Gasteiger charge is -2.35. The zero-order valence-corrected chi connectivity index (χ0v) is 12.8. The van der Waals surface area contributed by atoms with Crippen LogP contribution in [0, 0.1) is 5.41 Å². The molecule has 1 fully saturated rings. The van der Waals surface area contributed by atoms with Crippen LogP contribution in [-0.2, 0) is 4.79 Å². The van der Waals surface area contributed by atoms with Gasteiger partial charge in [0.15, 0.2) is 0 Å². The highest BCUT2D eigenvalue weighted by atomic mass is 16.3. The van der Waals surface area contributed by atoms with Crippen LogP contribution >= 0.6 is 0 Å². The molecule has 4 N–H and O–H groups in total. The summed E-state index contributed by atoms with van der Waals surface area (Å²) in [7, 11) is 0. The number of aliphatic hydroxyl groups excluding tert-OH is 1. The SMILES string of the molecule is CC(O)c1ccccc1NC(=O)CC1(CN)CCCCC1. The van der Waals surface area contributed by atoms with Crippen LogP contribution in [0.15, 0.2) is 24.3 Å². The van der Waals surface area contributed by atoms with Gasteiger partial charge < -0.3 is 16.2 Å². The first-order valence-corrected chi connectivity index (χ1v) is 7.83. The third-order valence-corrected chi connectivity index (χ3v) is 4.57. The van der Waals surface area contributed by atoms with E-state index in [1.54, 1.807) is 6.92 Å². The van der Waals surface area contributed by atoms with Crippen LogP contribution in [0.4, 0.5) is 5.69 Å². The van der Waals surface area contributed by atoms with Gasteiger partial charge in [0.25, 0.3) is 0 Å². The number of hydrogen-bond acceptors (Lipinski definition) is 3. The third-order valence-electron chi connectivity index (χ3n) is 4.57. The average Bonchev–Trinajstić information content (AvgIpc) is 2.48. The Balaban J connectivity index is 2.04. The van der Waals surface area contributed by atoms with Gasteiger partial charge in [-0.05, 0) is 37.8 Å². The van der Waals surface area contributed by atoms with Crippen LogP contribution < -0.4 is 11.1 Å². The predicted molar refractivity (Wildman–Crippen MR) is 84.9 cm³/mol. The maximum Gasteiger partial charge on any atom is 0.224 e. The number of anilines is 1. The highest BCUT2D eigenvalue weighted by molar-refractivity contribution is 5.92. The van der Waals surface area contributed by atoms with E-state index in [1.165, 1.54) is 6.42 Å². The second-order valence-corrected chi connectivity index (χ2v) is 6.25. The van der Waals surface area contributed by atoms with Gasteiger partial charge in [-0.3, -0.25) is 4.79 Å². The number of carbonyl (C=O) groups is 1. The predicted octanol–water partition coefficient (Wildman–Crippen LogP) is 2.98. The van der Waals surface area contributed by atoms with E-state index >= 15 is 0 Å². The second kappa shape index (κ2) is 7.05. The lowest BCUT2D eigenvalue weighted by molar-refractivity contribution is -0.118. The Labute approximate surface area is 126 Å². The molecule has 0 radical (unpaired) electrons.